The monoisotopic (exact) mass is 369 g/mol. The minimum absolute atomic E-state index is 0.00946. The molecule has 1 fully saturated rings. The number of hydrogen-bond acceptors (Lipinski definition) is 3. The number of aryl methyl sites for hydroxylation is 1. The first kappa shape index (κ1) is 19.0. The summed E-state index contributed by atoms with van der Waals surface area (Å²) in [5.74, 6) is -0.150. The van der Waals surface area contributed by atoms with Gasteiger partial charge in [-0.15, -0.1) is 0 Å². The molecular weight excluding hydrogens is 345 g/mol. The molecule has 0 bridgehead atoms. The highest BCUT2D eigenvalue weighted by molar-refractivity contribution is 5.79. The average molecular weight is 369 g/mol. The van der Waals surface area contributed by atoms with Crippen LogP contribution in [0.25, 0.3) is 0 Å². The van der Waals surface area contributed by atoms with Gasteiger partial charge in [0, 0.05) is 44.4 Å². The first-order valence-corrected chi connectivity index (χ1v) is 9.30. The summed E-state index contributed by atoms with van der Waals surface area (Å²) >= 11 is 0. The standard InChI is InChI=1S/C21H24FN3O2/c22-18-8-6-16(7-9-18)3-1-5-21(27)25(14-17-4-2-12-23-13-17)15-19-10-11-20(26)24-19/h2,4,6-9,12-13,19H,1,3,5,10-11,14-15H2,(H,24,26)/t19-/m0/s1. The van der Waals surface area contributed by atoms with E-state index in [1.807, 2.05) is 12.1 Å². The maximum Gasteiger partial charge on any atom is 0.222 e. The minimum atomic E-state index is -0.254. The predicted octanol–water partition coefficient (Wildman–Crippen LogP) is 2.85. The second kappa shape index (κ2) is 9.26. The molecule has 3 rings (SSSR count). The molecule has 1 atom stereocenters. The number of pyridine rings is 1. The number of rotatable bonds is 8. The second-order valence-corrected chi connectivity index (χ2v) is 6.92. The van der Waals surface area contributed by atoms with E-state index in [1.54, 1.807) is 29.4 Å². The zero-order valence-electron chi connectivity index (χ0n) is 15.2. The molecule has 2 amide bonds. The Hall–Kier alpha value is -2.76. The third-order valence-electron chi connectivity index (χ3n) is 4.74. The van der Waals surface area contributed by atoms with Gasteiger partial charge in [0.05, 0.1) is 0 Å². The van der Waals surface area contributed by atoms with E-state index in [-0.39, 0.29) is 23.7 Å². The molecular formula is C21H24FN3O2. The fourth-order valence-electron chi connectivity index (χ4n) is 3.30. The van der Waals surface area contributed by atoms with Crippen molar-refractivity contribution in [1.82, 2.24) is 15.2 Å². The topological polar surface area (TPSA) is 62.3 Å². The number of nitrogens with zero attached hydrogens (tertiary/aromatic N) is 2. The highest BCUT2D eigenvalue weighted by Crippen LogP contribution is 2.14. The Morgan fingerprint density at radius 1 is 1.22 bits per heavy atom. The number of benzene rings is 1. The molecule has 2 aromatic rings. The van der Waals surface area contributed by atoms with Gasteiger partial charge in [-0.2, -0.15) is 0 Å². The molecule has 0 aliphatic carbocycles. The van der Waals surface area contributed by atoms with Crippen molar-refractivity contribution in [3.8, 4) is 0 Å². The molecule has 1 aromatic carbocycles. The summed E-state index contributed by atoms with van der Waals surface area (Å²) in [7, 11) is 0. The summed E-state index contributed by atoms with van der Waals surface area (Å²) in [4.78, 5) is 30.2. The Morgan fingerprint density at radius 3 is 2.70 bits per heavy atom. The van der Waals surface area contributed by atoms with Crippen LogP contribution in [-0.4, -0.2) is 34.3 Å². The van der Waals surface area contributed by atoms with Crippen LogP contribution in [0.1, 0.15) is 36.8 Å². The van der Waals surface area contributed by atoms with Crippen LogP contribution < -0.4 is 5.32 Å². The molecule has 1 saturated heterocycles. The van der Waals surface area contributed by atoms with Crippen LogP contribution in [0, 0.1) is 5.82 Å². The van der Waals surface area contributed by atoms with E-state index in [2.05, 4.69) is 10.3 Å². The van der Waals surface area contributed by atoms with E-state index in [9.17, 15) is 14.0 Å². The van der Waals surface area contributed by atoms with E-state index in [0.717, 1.165) is 24.0 Å². The fourth-order valence-corrected chi connectivity index (χ4v) is 3.30. The van der Waals surface area contributed by atoms with Crippen LogP contribution in [0.15, 0.2) is 48.8 Å². The summed E-state index contributed by atoms with van der Waals surface area (Å²) in [6.07, 6.45) is 6.58. The maximum atomic E-state index is 13.0. The smallest absolute Gasteiger partial charge is 0.222 e. The van der Waals surface area contributed by atoms with Crippen LogP contribution in [0.4, 0.5) is 4.39 Å². The molecule has 142 valence electrons. The number of nitrogens with one attached hydrogen (secondary N) is 1. The molecule has 0 unspecified atom stereocenters. The molecule has 0 saturated carbocycles. The minimum Gasteiger partial charge on any atom is -0.352 e. The van der Waals surface area contributed by atoms with Gasteiger partial charge >= 0.3 is 0 Å². The van der Waals surface area contributed by atoms with Gasteiger partial charge in [-0.05, 0) is 48.6 Å². The van der Waals surface area contributed by atoms with E-state index >= 15 is 0 Å². The normalized spacial score (nSPS) is 16.2. The van der Waals surface area contributed by atoms with E-state index in [0.29, 0.717) is 32.4 Å². The third-order valence-corrected chi connectivity index (χ3v) is 4.74. The summed E-state index contributed by atoms with van der Waals surface area (Å²) in [6.45, 7) is 0.992. The number of carbonyl (C=O) groups excluding carboxylic acids is 2. The molecule has 0 radical (unpaired) electrons. The van der Waals surface area contributed by atoms with Gasteiger partial charge < -0.3 is 10.2 Å². The van der Waals surface area contributed by atoms with Crippen molar-refractivity contribution in [3.05, 3.63) is 65.7 Å². The lowest BCUT2D eigenvalue weighted by Crippen LogP contribution is -2.41. The summed E-state index contributed by atoms with van der Waals surface area (Å²) in [6, 6.07) is 10.2. The first-order valence-electron chi connectivity index (χ1n) is 9.30. The van der Waals surface area contributed by atoms with Gasteiger partial charge in [-0.25, -0.2) is 4.39 Å². The number of aromatic nitrogens is 1. The lowest BCUT2D eigenvalue weighted by Gasteiger charge is -2.26. The van der Waals surface area contributed by atoms with Crippen LogP contribution >= 0.6 is 0 Å². The van der Waals surface area contributed by atoms with Crippen LogP contribution in [-0.2, 0) is 22.6 Å². The zero-order valence-corrected chi connectivity index (χ0v) is 15.2. The summed E-state index contributed by atoms with van der Waals surface area (Å²) in [5.41, 5.74) is 1.99. The molecule has 2 heterocycles. The van der Waals surface area contributed by atoms with Crippen molar-refractivity contribution in [2.24, 2.45) is 0 Å². The van der Waals surface area contributed by atoms with E-state index in [4.69, 9.17) is 0 Å². The van der Waals surface area contributed by atoms with Gasteiger partial charge in [-0.1, -0.05) is 18.2 Å². The number of halogens is 1. The van der Waals surface area contributed by atoms with E-state index < -0.39 is 0 Å². The van der Waals surface area contributed by atoms with Crippen molar-refractivity contribution in [3.63, 3.8) is 0 Å². The summed E-state index contributed by atoms with van der Waals surface area (Å²) in [5, 5.41) is 2.93. The van der Waals surface area contributed by atoms with Crippen LogP contribution in [0.3, 0.4) is 0 Å². The molecule has 1 aromatic heterocycles. The van der Waals surface area contributed by atoms with Crippen molar-refractivity contribution >= 4 is 11.8 Å². The Labute approximate surface area is 158 Å². The van der Waals surface area contributed by atoms with Gasteiger partial charge in [0.15, 0.2) is 0 Å². The lowest BCUT2D eigenvalue weighted by molar-refractivity contribution is -0.132. The fraction of sp³-hybridized carbons (Fsp3) is 0.381. The molecule has 1 aliphatic rings. The van der Waals surface area contributed by atoms with Gasteiger partial charge in [0.1, 0.15) is 5.82 Å². The van der Waals surface area contributed by atoms with Crippen molar-refractivity contribution in [2.45, 2.75) is 44.7 Å². The average Bonchev–Trinajstić information content (AvgIpc) is 3.08. The zero-order chi connectivity index (χ0) is 19.1. The van der Waals surface area contributed by atoms with Gasteiger partial charge in [0.25, 0.3) is 0 Å². The Balaban J connectivity index is 1.57. The Kier molecular flexibility index (Phi) is 6.52. The molecule has 1 N–H and O–H groups in total. The van der Waals surface area contributed by atoms with Crippen molar-refractivity contribution in [1.29, 1.82) is 0 Å². The quantitative estimate of drug-likeness (QED) is 0.778. The highest BCUT2D eigenvalue weighted by Gasteiger charge is 2.25. The van der Waals surface area contributed by atoms with Gasteiger partial charge in [0.2, 0.25) is 11.8 Å². The molecule has 1 aliphatic heterocycles. The molecule has 0 spiro atoms. The maximum absolute atomic E-state index is 13.0. The number of hydrogen-bond donors (Lipinski definition) is 1. The lowest BCUT2D eigenvalue weighted by atomic mass is 10.1. The van der Waals surface area contributed by atoms with Crippen LogP contribution in [0.2, 0.25) is 0 Å². The number of carbonyl (C=O) groups is 2. The molecule has 5 nitrogen and oxygen atoms in total. The largest absolute Gasteiger partial charge is 0.352 e. The van der Waals surface area contributed by atoms with E-state index in [1.165, 1.54) is 12.1 Å². The van der Waals surface area contributed by atoms with Gasteiger partial charge in [-0.3, -0.25) is 14.6 Å². The number of amides is 2. The van der Waals surface area contributed by atoms with Crippen LogP contribution in [0.5, 0.6) is 0 Å². The van der Waals surface area contributed by atoms with Crippen molar-refractivity contribution in [2.75, 3.05) is 6.54 Å². The second-order valence-electron chi connectivity index (χ2n) is 6.92. The summed E-state index contributed by atoms with van der Waals surface area (Å²) < 4.78 is 13.0. The Morgan fingerprint density at radius 2 is 2.04 bits per heavy atom. The Bertz CT molecular complexity index is 765. The SMILES string of the molecule is O=C1CC[C@@H](CN(Cc2cccnc2)C(=O)CCCc2ccc(F)cc2)N1. The van der Waals surface area contributed by atoms with Crippen molar-refractivity contribution < 1.29 is 14.0 Å². The predicted molar refractivity (Wildman–Crippen MR) is 100 cm³/mol. The third kappa shape index (κ3) is 5.88. The molecule has 6 heteroatoms. The molecule has 27 heavy (non-hydrogen) atoms. The highest BCUT2D eigenvalue weighted by atomic mass is 19.1. The first-order chi connectivity index (χ1) is 13.1.